The average Bonchev–Trinajstić information content (AvgIpc) is 0.791. The van der Waals surface area contributed by atoms with E-state index in [1.165, 1.54) is 340 Å². The molecule has 2 aliphatic heterocycles. The lowest BCUT2D eigenvalue weighted by atomic mass is 9.97. The lowest BCUT2D eigenvalue weighted by Gasteiger charge is -2.46. The Morgan fingerprint density at radius 1 is 0.347 bits per heavy atom. The molecule has 0 aromatic rings. The van der Waals surface area contributed by atoms with E-state index in [1.54, 1.807) is 6.08 Å². The molecule has 2 rings (SSSR count). The fraction of sp³-hybridized carbons (Fsp3) is 0.920. The third-order valence-corrected chi connectivity index (χ3v) is 21.6. The number of unbranched alkanes of at least 4 members (excludes halogenated alkanes) is 58. The highest BCUT2D eigenvalue weighted by Gasteiger charge is 2.51. The predicted molar refractivity (Wildman–Crippen MR) is 420 cm³/mol. The minimum absolute atomic E-state index is 0.244. The zero-order chi connectivity index (χ0) is 73.0. The van der Waals surface area contributed by atoms with Crippen LogP contribution in [0, 0.1) is 0 Å². The number of ether oxygens (including phenoxy) is 4. The zero-order valence-electron chi connectivity index (χ0n) is 65.7. The molecule has 0 saturated carbocycles. The van der Waals surface area contributed by atoms with E-state index in [1.807, 2.05) is 6.08 Å². The quantitative estimate of drug-likeness (QED) is 0.0204. The van der Waals surface area contributed by atoms with E-state index in [0.717, 1.165) is 44.9 Å². The van der Waals surface area contributed by atoms with Crippen molar-refractivity contribution < 1.29 is 64.6 Å². The summed E-state index contributed by atoms with van der Waals surface area (Å²) in [6.45, 7) is 2.85. The normalized spacial score (nSPS) is 21.8. The maximum atomic E-state index is 13.4. The molecule has 2 saturated heterocycles. The first-order valence-electron chi connectivity index (χ1n) is 43.7. The summed E-state index contributed by atoms with van der Waals surface area (Å²) < 4.78 is 22.9. The molecule has 0 radical (unpaired) electrons. The van der Waals surface area contributed by atoms with Gasteiger partial charge in [-0.15, -0.1) is 0 Å². The summed E-state index contributed by atoms with van der Waals surface area (Å²) in [6.07, 6.45) is 78.5. The minimum Gasteiger partial charge on any atom is -0.394 e. The van der Waals surface area contributed by atoms with Crippen molar-refractivity contribution in [3.05, 3.63) is 36.5 Å². The van der Waals surface area contributed by atoms with Gasteiger partial charge in [0, 0.05) is 6.42 Å². The number of rotatable bonds is 75. The molecule has 0 aromatic heterocycles. The number of carbonyl (C=O) groups excluding carboxylic acids is 1. The zero-order valence-corrected chi connectivity index (χ0v) is 65.7. The first-order chi connectivity index (χ1) is 49.6. The van der Waals surface area contributed by atoms with Gasteiger partial charge in [-0.1, -0.05) is 403 Å². The lowest BCUT2D eigenvalue weighted by Crippen LogP contribution is -2.65. The van der Waals surface area contributed by atoms with Crippen molar-refractivity contribution in [2.75, 3.05) is 19.8 Å². The maximum absolute atomic E-state index is 13.4. The number of aliphatic hydroxyl groups excluding tert-OH is 8. The van der Waals surface area contributed by atoms with E-state index < -0.39 is 86.8 Å². The van der Waals surface area contributed by atoms with Crippen LogP contribution in [0.25, 0.3) is 0 Å². The second-order valence-corrected chi connectivity index (χ2v) is 31.0. The van der Waals surface area contributed by atoms with Crippen LogP contribution in [0.15, 0.2) is 36.5 Å². The number of amides is 1. The molecule has 14 heteroatoms. The molecule has 0 aliphatic carbocycles. The van der Waals surface area contributed by atoms with E-state index in [9.17, 15) is 45.6 Å². The van der Waals surface area contributed by atoms with Gasteiger partial charge >= 0.3 is 0 Å². The van der Waals surface area contributed by atoms with Crippen molar-refractivity contribution in [1.82, 2.24) is 5.32 Å². The van der Waals surface area contributed by atoms with Gasteiger partial charge in [0.05, 0.1) is 32.0 Å². The lowest BCUT2D eigenvalue weighted by molar-refractivity contribution is -0.359. The van der Waals surface area contributed by atoms with Gasteiger partial charge in [-0.2, -0.15) is 0 Å². The number of allylic oxidation sites excluding steroid dienone is 5. The molecule has 596 valence electrons. The molecule has 101 heavy (non-hydrogen) atoms. The van der Waals surface area contributed by atoms with Crippen molar-refractivity contribution in [2.45, 2.75) is 492 Å². The number of hydrogen-bond acceptors (Lipinski definition) is 13. The highest BCUT2D eigenvalue weighted by Crippen LogP contribution is 2.31. The molecule has 1 amide bonds. The Balaban J connectivity index is 1.58. The van der Waals surface area contributed by atoms with Crippen LogP contribution in [-0.2, 0) is 23.7 Å². The summed E-state index contributed by atoms with van der Waals surface area (Å²) in [4.78, 5) is 13.4. The molecular weight excluding hydrogens is 1270 g/mol. The van der Waals surface area contributed by atoms with Crippen LogP contribution in [-0.4, -0.2) is 140 Å². The third-order valence-electron chi connectivity index (χ3n) is 21.6. The Bertz CT molecular complexity index is 1840. The minimum atomic E-state index is -1.79. The molecule has 0 bridgehead atoms. The third kappa shape index (κ3) is 53.6. The second-order valence-electron chi connectivity index (χ2n) is 31.0. The summed E-state index contributed by atoms with van der Waals surface area (Å²) in [7, 11) is 0. The fourth-order valence-electron chi connectivity index (χ4n) is 14.7. The highest BCUT2D eigenvalue weighted by atomic mass is 16.7. The highest BCUT2D eigenvalue weighted by molar-refractivity contribution is 5.76. The Morgan fingerprint density at radius 2 is 0.634 bits per heavy atom. The van der Waals surface area contributed by atoms with Gasteiger partial charge in [-0.05, 0) is 44.9 Å². The van der Waals surface area contributed by atoms with Gasteiger partial charge < -0.3 is 65.1 Å². The van der Waals surface area contributed by atoms with Crippen LogP contribution in [0.2, 0.25) is 0 Å². The summed E-state index contributed by atoms with van der Waals surface area (Å²) in [5.74, 6) is -0.244. The van der Waals surface area contributed by atoms with Crippen LogP contribution in [0.1, 0.15) is 418 Å². The molecule has 0 aromatic carbocycles. The van der Waals surface area contributed by atoms with Gasteiger partial charge in [-0.3, -0.25) is 4.79 Å². The first-order valence-corrected chi connectivity index (χ1v) is 43.7. The van der Waals surface area contributed by atoms with Gasteiger partial charge in [0.15, 0.2) is 12.6 Å². The first kappa shape index (κ1) is 95.3. The topological polar surface area (TPSA) is 228 Å². The Kier molecular flexibility index (Phi) is 67.1. The summed E-state index contributed by atoms with van der Waals surface area (Å²) in [5, 5.41) is 87.7. The molecule has 12 atom stereocenters. The Hall–Kier alpha value is -1.79. The van der Waals surface area contributed by atoms with Crippen molar-refractivity contribution in [3.63, 3.8) is 0 Å². The van der Waals surface area contributed by atoms with E-state index in [-0.39, 0.29) is 18.9 Å². The molecule has 9 N–H and O–H groups in total. The molecule has 0 spiro atoms. The summed E-state index contributed by atoms with van der Waals surface area (Å²) in [6, 6.07) is -0.939. The van der Waals surface area contributed by atoms with E-state index in [2.05, 4.69) is 43.5 Å². The Morgan fingerprint density at radius 3 is 0.970 bits per heavy atom. The van der Waals surface area contributed by atoms with Crippen LogP contribution >= 0.6 is 0 Å². The molecule has 14 nitrogen and oxygen atoms in total. The van der Waals surface area contributed by atoms with Crippen LogP contribution in [0.4, 0.5) is 0 Å². The van der Waals surface area contributed by atoms with Crippen LogP contribution in [0.5, 0.6) is 0 Å². The van der Waals surface area contributed by atoms with E-state index in [4.69, 9.17) is 18.9 Å². The monoisotopic (exact) mass is 1430 g/mol. The van der Waals surface area contributed by atoms with Crippen LogP contribution < -0.4 is 5.32 Å². The summed E-state index contributed by atoms with van der Waals surface area (Å²) >= 11 is 0. The van der Waals surface area contributed by atoms with Crippen molar-refractivity contribution in [1.29, 1.82) is 0 Å². The largest absolute Gasteiger partial charge is 0.394 e. The van der Waals surface area contributed by atoms with Gasteiger partial charge in [0.2, 0.25) is 5.91 Å². The van der Waals surface area contributed by atoms with Crippen molar-refractivity contribution in [2.24, 2.45) is 0 Å². The van der Waals surface area contributed by atoms with Crippen LogP contribution in [0.3, 0.4) is 0 Å². The smallest absolute Gasteiger partial charge is 0.220 e. The van der Waals surface area contributed by atoms with Gasteiger partial charge in [0.25, 0.3) is 0 Å². The van der Waals surface area contributed by atoms with E-state index >= 15 is 0 Å². The fourth-order valence-corrected chi connectivity index (χ4v) is 14.7. The Labute approximate surface area is 621 Å². The second kappa shape index (κ2) is 71.1. The van der Waals surface area contributed by atoms with Crippen molar-refractivity contribution in [3.8, 4) is 0 Å². The predicted octanol–water partition coefficient (Wildman–Crippen LogP) is 20.8. The number of nitrogens with one attached hydrogen (secondary N) is 1. The molecule has 2 heterocycles. The van der Waals surface area contributed by atoms with Gasteiger partial charge in [0.1, 0.15) is 48.8 Å². The number of carbonyl (C=O) groups is 1. The summed E-state index contributed by atoms with van der Waals surface area (Å²) in [5.41, 5.74) is 0. The standard InChI is InChI=1S/C87H165NO13/c1-3-5-7-9-11-13-15-17-19-21-23-25-27-29-31-33-34-35-36-37-38-39-40-41-42-43-45-47-49-51-53-55-57-59-61-63-65-67-69-71-79(92)88-75(74-98-86-84(97)82(95)85(78(73-90)100-86)101-87-83(96)81(94)80(93)77(72-89)99-87)76(91)70-68-66-64-62-60-58-56-54-52-50-48-46-44-32-30-28-26-24-22-20-18-16-14-12-10-8-6-4-2/h52,54,60,62,68,70,75-78,80-87,89-91,93-97H,3-51,53,55-59,61,63-67,69,71-74H2,1-2H3,(H,88,92)/b54-52+,62-60+,70-68+. The molecular formula is C87H165NO13. The molecule has 2 aliphatic rings. The number of hydrogen-bond donors (Lipinski definition) is 9. The molecule has 2 fully saturated rings. The van der Waals surface area contributed by atoms with E-state index in [0.29, 0.717) is 12.8 Å². The van der Waals surface area contributed by atoms with Gasteiger partial charge in [-0.25, -0.2) is 0 Å². The molecule has 12 unspecified atom stereocenters. The SMILES string of the molecule is CCCCCCCCCCCCCCCCCCCC/C=C/CC/C=C/CC/C=C/C(O)C(COC1OC(CO)C(OC2OC(CO)C(O)C(O)C2O)C(O)C1O)NC(=O)CCCCCCCCCCCCCCCCCCCCCCCCCCCCCCCCCCCCCCCCC. The number of aliphatic hydroxyl groups is 8. The maximum Gasteiger partial charge on any atom is 0.220 e. The average molecular weight is 1430 g/mol. The van der Waals surface area contributed by atoms with Crippen molar-refractivity contribution >= 4 is 5.91 Å².